The van der Waals surface area contributed by atoms with Crippen LogP contribution in [0.15, 0.2) is 94.6 Å². The predicted molar refractivity (Wildman–Crippen MR) is 206 cm³/mol. The number of phenols is 1. The number of hydrogen-bond acceptors (Lipinski definition) is 21. The summed E-state index contributed by atoms with van der Waals surface area (Å²) in [4.78, 5) is 2.68. The van der Waals surface area contributed by atoms with Gasteiger partial charge >= 0.3 is 10.4 Å². The number of methoxy groups -OCH3 is 1. The number of thioether (sulfide) groups is 1. The number of hydrogen-bond donors (Lipinski definition) is 9. The monoisotopic (exact) mass is 879 g/mol. The lowest BCUT2D eigenvalue weighted by Gasteiger charge is -2.22. The molecule has 0 saturated heterocycles. The zero-order chi connectivity index (χ0) is 41.5. The third-order valence-electron chi connectivity index (χ3n) is 7.06. The molecule has 10 N–H and O–H groups in total. The van der Waals surface area contributed by atoms with Gasteiger partial charge in [0.05, 0.1) is 33.2 Å². The third kappa shape index (κ3) is 11.6. The van der Waals surface area contributed by atoms with Crippen LogP contribution in [0.25, 0.3) is 10.8 Å². The number of ether oxygens (including phenoxy) is 2. The van der Waals surface area contributed by atoms with Crippen LogP contribution in [0, 0.1) is 11.4 Å². The largest absolute Gasteiger partial charge is 0.505 e. The Kier molecular flexibility index (Phi) is 14.5. The minimum absolute atomic E-state index is 0.0626. The van der Waals surface area contributed by atoms with Gasteiger partial charge < -0.3 is 47.6 Å². The average molecular weight is 880 g/mol. The van der Waals surface area contributed by atoms with Gasteiger partial charge in [-0.15, -0.1) is 20.5 Å². The first-order valence-corrected chi connectivity index (χ1v) is 22.1. The number of aromatic hydroxyl groups is 1. The van der Waals surface area contributed by atoms with E-state index >= 15 is 0 Å². The summed E-state index contributed by atoms with van der Waals surface area (Å²) in [5.41, 5.74) is 4.72. The molecule has 4 rings (SSSR count). The zero-order valence-corrected chi connectivity index (χ0v) is 32.9. The van der Waals surface area contributed by atoms with Gasteiger partial charge in [0.1, 0.15) is 50.2 Å². The maximum atomic E-state index is 13.0. The van der Waals surface area contributed by atoms with Crippen LogP contribution in [0.2, 0.25) is 0 Å². The van der Waals surface area contributed by atoms with Crippen molar-refractivity contribution in [3.05, 3.63) is 54.6 Å². The summed E-state index contributed by atoms with van der Waals surface area (Å²) < 4.78 is 131. The number of azo groups is 2. The normalized spacial score (nSPS) is 13.2. The molecule has 0 bridgehead atoms. The summed E-state index contributed by atoms with van der Waals surface area (Å²) in [6.07, 6.45) is 2.02. The molecule has 4 aromatic rings. The molecule has 0 aliphatic heterocycles. The molecule has 21 nitrogen and oxygen atoms in total. The minimum Gasteiger partial charge on any atom is -0.505 e. The van der Waals surface area contributed by atoms with E-state index in [0.717, 1.165) is 18.2 Å². The van der Waals surface area contributed by atoms with Gasteiger partial charge in [-0.05, 0) is 84.0 Å². The smallest absolute Gasteiger partial charge is 0.433 e. The second-order valence-corrected chi connectivity index (χ2v) is 17.8. The van der Waals surface area contributed by atoms with Gasteiger partial charge in [0, 0.05) is 34.1 Å². The van der Waals surface area contributed by atoms with E-state index in [1.807, 2.05) is 0 Å². The van der Waals surface area contributed by atoms with E-state index in [1.165, 1.54) is 43.5 Å². The van der Waals surface area contributed by atoms with E-state index in [1.54, 1.807) is 13.0 Å². The van der Waals surface area contributed by atoms with Crippen LogP contribution in [0.3, 0.4) is 0 Å². The predicted octanol–water partition coefficient (Wildman–Crippen LogP) is 8.09. The Hall–Kier alpha value is -4.31. The van der Waals surface area contributed by atoms with E-state index < -0.39 is 63.2 Å². The average Bonchev–Trinajstić information content (AvgIpc) is 3.11. The lowest BCUT2D eigenvalue weighted by atomic mass is 10.1. The topological polar surface area (TPSA) is 342 Å². The van der Waals surface area contributed by atoms with Crippen molar-refractivity contribution in [3.63, 3.8) is 0 Å². The van der Waals surface area contributed by atoms with Gasteiger partial charge in [-0.2, -0.15) is 8.42 Å². The van der Waals surface area contributed by atoms with Crippen LogP contribution in [0.4, 0.5) is 28.4 Å². The molecule has 0 fully saturated rings. The van der Waals surface area contributed by atoms with Crippen molar-refractivity contribution in [2.24, 2.45) is 20.5 Å². The highest BCUT2D eigenvalue weighted by atomic mass is 32.3. The fraction of sp³-hybridized carbons (Fsp3) is 0.200. The fourth-order valence-corrected chi connectivity index (χ4v) is 7.97. The van der Waals surface area contributed by atoms with E-state index in [0.29, 0.717) is 18.4 Å². The molecule has 0 aliphatic carbocycles. The molecule has 56 heavy (non-hydrogen) atoms. The molecule has 0 aliphatic rings. The third-order valence-corrected chi connectivity index (χ3v) is 11.6. The molecular weight excluding hydrogens is 847 g/mol. The van der Waals surface area contributed by atoms with Crippen LogP contribution in [-0.4, -0.2) is 79.9 Å². The van der Waals surface area contributed by atoms with Crippen molar-refractivity contribution in [2.75, 3.05) is 31.8 Å². The maximum Gasteiger partial charge on any atom is 0.433 e. The molecule has 0 saturated carbocycles. The van der Waals surface area contributed by atoms with Crippen LogP contribution in [-0.2, 0) is 34.2 Å². The zero-order valence-electron chi connectivity index (χ0n) is 28.8. The number of rotatable bonds is 16. The first kappa shape index (κ1) is 44.4. The molecule has 4 aromatic carbocycles. The molecule has 0 atom stereocenters. The van der Waals surface area contributed by atoms with Crippen LogP contribution in [0.5, 0.6) is 11.5 Å². The Morgan fingerprint density at radius 3 is 2.11 bits per heavy atom. The second-order valence-electron chi connectivity index (χ2n) is 10.8. The lowest BCUT2D eigenvalue weighted by Crippen LogP contribution is -2.09. The number of benzene rings is 4. The molecule has 0 aromatic heterocycles. The van der Waals surface area contributed by atoms with Gasteiger partial charge in [-0.25, -0.2) is 8.42 Å². The first-order valence-electron chi connectivity index (χ1n) is 15.2. The number of anilines is 1. The minimum atomic E-state index is -4.93. The molecule has 26 heteroatoms. The van der Waals surface area contributed by atoms with Crippen LogP contribution in [0.1, 0.15) is 13.3 Å². The fourth-order valence-electron chi connectivity index (χ4n) is 4.62. The van der Waals surface area contributed by atoms with Gasteiger partial charge in [-0.1, -0.05) is 0 Å². The second kappa shape index (κ2) is 18.3. The van der Waals surface area contributed by atoms with E-state index in [2.05, 4.69) is 34.9 Å². The maximum absolute atomic E-state index is 13.0. The van der Waals surface area contributed by atoms with Crippen molar-refractivity contribution in [1.82, 2.24) is 0 Å². The Morgan fingerprint density at radius 1 is 0.786 bits per heavy atom. The molecule has 0 amide bonds. The summed E-state index contributed by atoms with van der Waals surface area (Å²) in [5.74, 6) is -0.935. The van der Waals surface area contributed by atoms with Crippen molar-refractivity contribution in [1.29, 1.82) is 0 Å². The molecular formula is C30H33N5O16S5. The number of nitrogen functional groups attached to an aromatic ring is 1. The first-order chi connectivity index (χ1) is 26.2. The quantitative estimate of drug-likeness (QED) is 0.00750. The Morgan fingerprint density at radius 2 is 1.46 bits per heavy atom. The number of fused-ring (bicyclic) bond motifs is 1. The van der Waals surface area contributed by atoms with E-state index in [4.69, 9.17) is 19.8 Å². The highest BCUT2D eigenvalue weighted by molar-refractivity contribution is 8.19. The summed E-state index contributed by atoms with van der Waals surface area (Å²) >= 11 is 0.640. The highest BCUT2D eigenvalue weighted by Gasteiger charge is 2.28. The van der Waals surface area contributed by atoms with Gasteiger partial charge in [0.15, 0.2) is 21.7 Å². The van der Waals surface area contributed by atoms with Crippen molar-refractivity contribution in [2.45, 2.75) is 32.9 Å². The molecule has 0 unspecified atom stereocenters. The van der Waals surface area contributed by atoms with Gasteiger partial charge in [-0.3, -0.25) is 9.44 Å². The molecule has 0 radical (unpaired) electrons. The lowest BCUT2D eigenvalue weighted by molar-refractivity contribution is -0.135. The van der Waals surface area contributed by atoms with E-state index in [9.17, 15) is 49.3 Å². The van der Waals surface area contributed by atoms with Crippen LogP contribution < -0.4 is 10.5 Å². The highest BCUT2D eigenvalue weighted by Crippen LogP contribution is 2.56. The number of nitrogens with zero attached hydrogens (tertiary/aromatic N) is 4. The molecule has 304 valence electrons. The number of phenolic OH excluding ortho intramolecular Hbond substituents is 1. The summed E-state index contributed by atoms with van der Waals surface area (Å²) in [7, 11) is -16.6. The standard InChI is InChI=1S/C30H33N5O16S5/c1-3-49-11-4-14-53(37,38)19-6-10-25(48-2)24(16-19)33-35-29-27(55(42,43)44)17-21-20(30(29)36)7-8-22(31)28(21)34-32-23-9-5-18(15-26(23)54(39,40)41)52-13-12-50-51-56(45,46)47/h5-10,15-17,36,39-44H,3-4,11,14,31H2,1-2H3,(H,45,46,47). The Labute approximate surface area is 326 Å². The summed E-state index contributed by atoms with van der Waals surface area (Å²) in [5, 5.41) is 29.3. The number of sulfone groups is 1. The van der Waals surface area contributed by atoms with E-state index in [-0.39, 0.29) is 67.8 Å². The Balaban J connectivity index is 1.77. The summed E-state index contributed by atoms with van der Waals surface area (Å²) in [6.45, 7) is 2.42. The van der Waals surface area contributed by atoms with Gasteiger partial charge in [0.25, 0.3) is 0 Å². The molecule has 0 heterocycles. The van der Waals surface area contributed by atoms with Crippen molar-refractivity contribution >= 4 is 92.9 Å². The summed E-state index contributed by atoms with van der Waals surface area (Å²) in [6, 6.07) is 10.9. The van der Waals surface area contributed by atoms with Crippen molar-refractivity contribution in [3.8, 4) is 22.9 Å². The molecule has 0 spiro atoms. The number of nitrogens with two attached hydrogens (primary N) is 1. The Bertz CT molecular complexity index is 2440. The van der Waals surface area contributed by atoms with Crippen molar-refractivity contribution < 1.29 is 72.5 Å². The SMILES string of the molecule is CCOCCCS(=O)(=O)c1ccc(OC)c(N=Nc2c(S(O)(O)O)cc3c(N=Nc4ccc(SC#COOS(=O)(=O)O)cc4S(O)(O)O)c(N)ccc3c2O)c1. The van der Waals surface area contributed by atoms with Gasteiger partial charge in [0.2, 0.25) is 0 Å². The van der Waals surface area contributed by atoms with Crippen LogP contribution >= 0.6 is 33.5 Å².